The third kappa shape index (κ3) is 4.10. The predicted molar refractivity (Wildman–Crippen MR) is 70.5 cm³/mol. The summed E-state index contributed by atoms with van der Waals surface area (Å²) in [7, 11) is 1.34. The Kier molecular flexibility index (Phi) is 5.27. The molecule has 0 radical (unpaired) electrons. The van der Waals surface area contributed by atoms with Crippen LogP contribution in [-0.4, -0.2) is 24.0 Å². The Hall–Kier alpha value is -1.43. The average molecular weight is 270 g/mol. The number of thiazole rings is 1. The van der Waals surface area contributed by atoms with E-state index in [1.165, 1.54) is 18.4 Å². The van der Waals surface area contributed by atoms with Gasteiger partial charge < -0.3 is 10.1 Å². The van der Waals surface area contributed by atoms with Gasteiger partial charge in [-0.05, 0) is 5.92 Å². The fourth-order valence-corrected chi connectivity index (χ4v) is 1.90. The van der Waals surface area contributed by atoms with Crippen LogP contribution >= 0.6 is 11.3 Å². The molecule has 1 rings (SSSR count). The summed E-state index contributed by atoms with van der Waals surface area (Å²) in [5.74, 6) is -0.185. The Morgan fingerprint density at radius 3 is 2.67 bits per heavy atom. The van der Waals surface area contributed by atoms with Crippen LogP contribution in [0.5, 0.6) is 0 Å². The number of esters is 1. The van der Waals surface area contributed by atoms with Gasteiger partial charge in [-0.25, -0.2) is 4.98 Å². The number of rotatable bonds is 5. The van der Waals surface area contributed by atoms with Gasteiger partial charge in [0.15, 0.2) is 5.13 Å². The van der Waals surface area contributed by atoms with Gasteiger partial charge >= 0.3 is 5.97 Å². The van der Waals surface area contributed by atoms with Crippen LogP contribution in [0.1, 0.15) is 26.5 Å². The molecule has 100 valence electrons. The van der Waals surface area contributed by atoms with Crippen molar-refractivity contribution in [1.29, 1.82) is 0 Å². The third-order valence-corrected chi connectivity index (χ3v) is 3.56. The van der Waals surface area contributed by atoms with Gasteiger partial charge in [0, 0.05) is 11.3 Å². The quantitative estimate of drug-likeness (QED) is 0.832. The van der Waals surface area contributed by atoms with Crippen molar-refractivity contribution in [2.45, 2.75) is 27.2 Å². The summed E-state index contributed by atoms with van der Waals surface area (Å²) < 4.78 is 4.55. The SMILES string of the molecule is COC(=O)Cc1csc(NC(=O)C(C)C(C)C)n1. The lowest BCUT2D eigenvalue weighted by molar-refractivity contribution is -0.139. The van der Waals surface area contributed by atoms with Crippen molar-refractivity contribution in [2.24, 2.45) is 11.8 Å². The van der Waals surface area contributed by atoms with E-state index in [9.17, 15) is 9.59 Å². The molecule has 0 spiro atoms. The standard InChI is InChI=1S/C12H18N2O3S/c1-7(2)8(3)11(16)14-12-13-9(6-18-12)5-10(15)17-4/h6-8H,5H2,1-4H3,(H,13,14,16). The van der Waals surface area contributed by atoms with Gasteiger partial charge in [0.25, 0.3) is 0 Å². The van der Waals surface area contributed by atoms with Crippen molar-refractivity contribution in [2.75, 3.05) is 12.4 Å². The molecule has 1 heterocycles. The zero-order valence-corrected chi connectivity index (χ0v) is 11.8. The number of methoxy groups -OCH3 is 1. The molecular weight excluding hydrogens is 252 g/mol. The van der Waals surface area contributed by atoms with Crippen LogP contribution in [0.2, 0.25) is 0 Å². The summed E-state index contributed by atoms with van der Waals surface area (Å²) in [5, 5.41) is 5.01. The first kappa shape index (κ1) is 14.6. The number of nitrogens with one attached hydrogen (secondary N) is 1. The van der Waals surface area contributed by atoms with Crippen molar-refractivity contribution in [3.63, 3.8) is 0 Å². The summed E-state index contributed by atoms with van der Waals surface area (Å²) in [5.41, 5.74) is 0.611. The minimum absolute atomic E-state index is 0.0519. The number of anilines is 1. The first-order valence-electron chi connectivity index (χ1n) is 5.76. The monoisotopic (exact) mass is 270 g/mol. The molecule has 0 bridgehead atoms. The minimum atomic E-state index is -0.339. The lowest BCUT2D eigenvalue weighted by Crippen LogP contribution is -2.24. The fourth-order valence-electron chi connectivity index (χ4n) is 1.19. The number of carbonyl (C=O) groups excluding carboxylic acids is 2. The van der Waals surface area contributed by atoms with Crippen molar-refractivity contribution in [3.8, 4) is 0 Å². The number of carbonyl (C=O) groups is 2. The van der Waals surface area contributed by atoms with Crippen LogP contribution in [-0.2, 0) is 20.7 Å². The highest BCUT2D eigenvalue weighted by Crippen LogP contribution is 2.18. The van der Waals surface area contributed by atoms with Crippen LogP contribution < -0.4 is 5.32 Å². The molecule has 1 aromatic rings. The number of amides is 1. The molecule has 0 aliphatic carbocycles. The van der Waals surface area contributed by atoms with Crippen LogP contribution in [0, 0.1) is 11.8 Å². The lowest BCUT2D eigenvalue weighted by atomic mass is 9.97. The van der Waals surface area contributed by atoms with Gasteiger partial charge in [-0.2, -0.15) is 0 Å². The van der Waals surface area contributed by atoms with Crippen molar-refractivity contribution in [3.05, 3.63) is 11.1 Å². The molecule has 1 aromatic heterocycles. The Bertz CT molecular complexity index is 429. The van der Waals surface area contributed by atoms with E-state index < -0.39 is 0 Å². The molecule has 0 aliphatic rings. The fraction of sp³-hybridized carbons (Fsp3) is 0.583. The van der Waals surface area contributed by atoms with Crippen molar-refractivity contribution in [1.82, 2.24) is 4.98 Å². The van der Waals surface area contributed by atoms with E-state index in [1.54, 1.807) is 5.38 Å². The Balaban J connectivity index is 2.59. The van der Waals surface area contributed by atoms with Crippen molar-refractivity contribution < 1.29 is 14.3 Å². The molecule has 0 saturated heterocycles. The Morgan fingerprint density at radius 2 is 2.11 bits per heavy atom. The second-order valence-electron chi connectivity index (χ2n) is 4.42. The molecule has 1 N–H and O–H groups in total. The van der Waals surface area contributed by atoms with E-state index >= 15 is 0 Å². The van der Waals surface area contributed by atoms with Gasteiger partial charge in [-0.3, -0.25) is 9.59 Å². The van der Waals surface area contributed by atoms with E-state index in [1.807, 2.05) is 20.8 Å². The van der Waals surface area contributed by atoms with Gasteiger partial charge in [0.1, 0.15) is 0 Å². The maximum absolute atomic E-state index is 11.8. The van der Waals surface area contributed by atoms with Gasteiger partial charge in [-0.1, -0.05) is 20.8 Å². The molecule has 6 heteroatoms. The number of hydrogen-bond donors (Lipinski definition) is 1. The number of ether oxygens (including phenoxy) is 1. The van der Waals surface area contributed by atoms with Gasteiger partial charge in [0.05, 0.1) is 19.2 Å². The van der Waals surface area contributed by atoms with Crippen LogP contribution in [0.15, 0.2) is 5.38 Å². The summed E-state index contributed by atoms with van der Waals surface area (Å²) >= 11 is 1.31. The first-order valence-corrected chi connectivity index (χ1v) is 6.64. The number of aromatic nitrogens is 1. The number of nitrogens with zero attached hydrogens (tertiary/aromatic N) is 1. The molecule has 0 aliphatic heterocycles. The summed E-state index contributed by atoms with van der Waals surface area (Å²) in [6.45, 7) is 5.87. The first-order chi connectivity index (χ1) is 8.43. The summed E-state index contributed by atoms with van der Waals surface area (Å²) in [6, 6.07) is 0. The third-order valence-electron chi connectivity index (χ3n) is 2.75. The Morgan fingerprint density at radius 1 is 1.44 bits per heavy atom. The molecule has 0 fully saturated rings. The zero-order valence-electron chi connectivity index (χ0n) is 11.0. The van der Waals surface area contributed by atoms with Crippen LogP contribution in [0.25, 0.3) is 0 Å². The predicted octanol–water partition coefficient (Wildman–Crippen LogP) is 2.09. The second kappa shape index (κ2) is 6.49. The smallest absolute Gasteiger partial charge is 0.311 e. The van der Waals surface area contributed by atoms with E-state index in [-0.39, 0.29) is 30.1 Å². The van der Waals surface area contributed by atoms with Crippen molar-refractivity contribution >= 4 is 28.3 Å². The van der Waals surface area contributed by atoms with Crippen LogP contribution in [0.3, 0.4) is 0 Å². The summed E-state index contributed by atoms with van der Waals surface area (Å²) in [4.78, 5) is 27.0. The molecule has 1 atom stereocenters. The van der Waals surface area contributed by atoms with E-state index in [4.69, 9.17) is 0 Å². The highest BCUT2D eigenvalue weighted by Gasteiger charge is 2.18. The normalized spacial score (nSPS) is 12.3. The maximum Gasteiger partial charge on any atom is 0.311 e. The Labute approximate surface area is 111 Å². The lowest BCUT2D eigenvalue weighted by Gasteiger charge is -2.13. The second-order valence-corrected chi connectivity index (χ2v) is 5.28. The zero-order chi connectivity index (χ0) is 13.7. The van der Waals surface area contributed by atoms with E-state index in [2.05, 4.69) is 15.0 Å². The maximum atomic E-state index is 11.8. The highest BCUT2D eigenvalue weighted by molar-refractivity contribution is 7.13. The van der Waals surface area contributed by atoms with E-state index in [0.717, 1.165) is 0 Å². The van der Waals surface area contributed by atoms with Gasteiger partial charge in [-0.15, -0.1) is 11.3 Å². The highest BCUT2D eigenvalue weighted by atomic mass is 32.1. The topological polar surface area (TPSA) is 68.3 Å². The van der Waals surface area contributed by atoms with Crippen LogP contribution in [0.4, 0.5) is 5.13 Å². The molecule has 0 aromatic carbocycles. The molecule has 18 heavy (non-hydrogen) atoms. The molecule has 5 nitrogen and oxygen atoms in total. The van der Waals surface area contributed by atoms with Gasteiger partial charge in [0.2, 0.25) is 5.91 Å². The van der Waals surface area contributed by atoms with E-state index in [0.29, 0.717) is 10.8 Å². The largest absolute Gasteiger partial charge is 0.469 e. The molecule has 0 saturated carbocycles. The minimum Gasteiger partial charge on any atom is -0.469 e. The molecular formula is C12H18N2O3S. The molecule has 1 unspecified atom stereocenters. The summed E-state index contributed by atoms with van der Waals surface area (Å²) in [6.07, 6.45) is 0.128. The number of hydrogen-bond acceptors (Lipinski definition) is 5. The average Bonchev–Trinajstić information content (AvgIpc) is 2.74. The molecule has 1 amide bonds.